The molecule has 68 valence electrons. The molecule has 0 heterocycles. The maximum atomic E-state index is 5.19. The minimum absolute atomic E-state index is 0.168. The standard InChI is InChI=1S/C8H8IN3S/c9-7-3-1-6(2-4-7)5-11-12-8(10)13/h1-5H,(H3,10,12,13)/b11-5-. The Morgan fingerprint density at radius 3 is 2.62 bits per heavy atom. The third kappa shape index (κ3) is 4.18. The van der Waals surface area contributed by atoms with Crippen molar-refractivity contribution in [3.05, 3.63) is 33.4 Å². The predicted molar refractivity (Wildman–Crippen MR) is 66.7 cm³/mol. The second kappa shape index (κ2) is 5.13. The van der Waals surface area contributed by atoms with Crippen LogP contribution < -0.4 is 11.2 Å². The molecule has 0 bridgehead atoms. The van der Waals surface area contributed by atoms with E-state index in [-0.39, 0.29) is 5.11 Å². The van der Waals surface area contributed by atoms with Crippen LogP contribution in [0, 0.1) is 3.57 Å². The van der Waals surface area contributed by atoms with E-state index in [0.717, 1.165) is 5.56 Å². The monoisotopic (exact) mass is 305 g/mol. The molecule has 1 rings (SSSR count). The number of hydrogen-bond acceptors (Lipinski definition) is 2. The van der Waals surface area contributed by atoms with Gasteiger partial charge >= 0.3 is 0 Å². The van der Waals surface area contributed by atoms with E-state index >= 15 is 0 Å². The van der Waals surface area contributed by atoms with Crippen LogP contribution in [0.2, 0.25) is 0 Å². The average molecular weight is 305 g/mol. The summed E-state index contributed by atoms with van der Waals surface area (Å²) in [5, 5.41) is 4.00. The molecular formula is C8H8IN3S. The van der Waals surface area contributed by atoms with Crippen LogP contribution in [-0.4, -0.2) is 11.3 Å². The third-order valence-corrected chi connectivity index (χ3v) is 2.07. The normalized spacial score (nSPS) is 10.2. The summed E-state index contributed by atoms with van der Waals surface area (Å²) in [6.45, 7) is 0. The Balaban J connectivity index is 2.59. The van der Waals surface area contributed by atoms with Crippen LogP contribution in [0.5, 0.6) is 0 Å². The van der Waals surface area contributed by atoms with Gasteiger partial charge in [-0.25, -0.2) is 0 Å². The first-order valence-corrected chi connectivity index (χ1v) is 5.01. The number of halogens is 1. The molecule has 1 aromatic rings. The molecule has 0 radical (unpaired) electrons. The summed E-state index contributed by atoms with van der Waals surface area (Å²) >= 11 is 6.83. The van der Waals surface area contributed by atoms with Crippen molar-refractivity contribution in [2.24, 2.45) is 10.8 Å². The van der Waals surface area contributed by atoms with Crippen molar-refractivity contribution in [3.8, 4) is 0 Å². The van der Waals surface area contributed by atoms with Crippen LogP contribution in [-0.2, 0) is 0 Å². The Labute approximate surface area is 95.5 Å². The summed E-state index contributed by atoms with van der Waals surface area (Å²) in [6.07, 6.45) is 1.66. The molecule has 0 aliphatic carbocycles. The summed E-state index contributed by atoms with van der Waals surface area (Å²) < 4.78 is 1.19. The molecule has 0 saturated heterocycles. The lowest BCUT2D eigenvalue weighted by Gasteiger charge is -1.94. The topological polar surface area (TPSA) is 50.4 Å². The number of rotatable bonds is 2. The summed E-state index contributed by atoms with van der Waals surface area (Å²) in [4.78, 5) is 0. The number of benzene rings is 1. The second-order valence-corrected chi connectivity index (χ2v) is 3.97. The van der Waals surface area contributed by atoms with E-state index in [1.54, 1.807) is 6.21 Å². The Kier molecular flexibility index (Phi) is 4.10. The van der Waals surface area contributed by atoms with Crippen molar-refractivity contribution in [1.29, 1.82) is 0 Å². The molecule has 1 aromatic carbocycles. The molecule has 0 aliphatic rings. The average Bonchev–Trinajstić information content (AvgIpc) is 2.08. The van der Waals surface area contributed by atoms with Gasteiger partial charge in [0.2, 0.25) is 0 Å². The molecule has 3 N–H and O–H groups in total. The molecule has 0 spiro atoms. The molecule has 0 amide bonds. The number of thiocarbonyl (C=S) groups is 1. The van der Waals surface area contributed by atoms with Gasteiger partial charge < -0.3 is 5.73 Å². The van der Waals surface area contributed by atoms with Gasteiger partial charge in [-0.05, 0) is 52.5 Å². The maximum Gasteiger partial charge on any atom is 0.184 e. The Morgan fingerprint density at radius 2 is 2.08 bits per heavy atom. The number of nitrogens with zero attached hydrogens (tertiary/aromatic N) is 1. The zero-order valence-corrected chi connectivity index (χ0v) is 9.67. The van der Waals surface area contributed by atoms with Crippen LogP contribution in [0.3, 0.4) is 0 Å². The van der Waals surface area contributed by atoms with Gasteiger partial charge in [0.1, 0.15) is 0 Å². The molecule has 5 heteroatoms. The van der Waals surface area contributed by atoms with E-state index in [4.69, 9.17) is 5.73 Å². The van der Waals surface area contributed by atoms with E-state index in [1.165, 1.54) is 3.57 Å². The van der Waals surface area contributed by atoms with Gasteiger partial charge in [-0.2, -0.15) is 5.10 Å². The van der Waals surface area contributed by atoms with E-state index in [9.17, 15) is 0 Å². The smallest absolute Gasteiger partial charge is 0.184 e. The zero-order chi connectivity index (χ0) is 9.68. The van der Waals surface area contributed by atoms with Crippen molar-refractivity contribution in [2.45, 2.75) is 0 Å². The highest BCUT2D eigenvalue weighted by Gasteiger charge is 1.87. The van der Waals surface area contributed by atoms with Crippen LogP contribution in [0.15, 0.2) is 29.4 Å². The van der Waals surface area contributed by atoms with Gasteiger partial charge in [0, 0.05) is 3.57 Å². The summed E-state index contributed by atoms with van der Waals surface area (Å²) in [6, 6.07) is 7.93. The number of nitrogens with two attached hydrogens (primary N) is 1. The lowest BCUT2D eigenvalue weighted by molar-refractivity contribution is 1.04. The van der Waals surface area contributed by atoms with Crippen molar-refractivity contribution >= 4 is 46.1 Å². The van der Waals surface area contributed by atoms with Crippen LogP contribution in [0.4, 0.5) is 0 Å². The first-order chi connectivity index (χ1) is 6.18. The molecule has 0 fully saturated rings. The Hall–Kier alpha value is -0.690. The minimum atomic E-state index is 0.168. The molecule has 0 saturated carbocycles. The Bertz CT molecular complexity index is 321. The van der Waals surface area contributed by atoms with Gasteiger partial charge in [0.25, 0.3) is 0 Å². The first kappa shape index (κ1) is 10.4. The molecule has 13 heavy (non-hydrogen) atoms. The van der Waals surface area contributed by atoms with Gasteiger partial charge in [-0.1, -0.05) is 12.1 Å². The molecule has 3 nitrogen and oxygen atoms in total. The van der Waals surface area contributed by atoms with Crippen molar-refractivity contribution < 1.29 is 0 Å². The van der Waals surface area contributed by atoms with Crippen LogP contribution >= 0.6 is 34.8 Å². The number of nitrogens with one attached hydrogen (secondary N) is 1. The summed E-state index contributed by atoms with van der Waals surface area (Å²) in [7, 11) is 0. The van der Waals surface area contributed by atoms with Crippen LogP contribution in [0.1, 0.15) is 5.56 Å². The maximum absolute atomic E-state index is 5.19. The van der Waals surface area contributed by atoms with E-state index < -0.39 is 0 Å². The minimum Gasteiger partial charge on any atom is -0.375 e. The lowest BCUT2D eigenvalue weighted by Crippen LogP contribution is -2.23. The van der Waals surface area contributed by atoms with Gasteiger partial charge in [0.05, 0.1) is 6.21 Å². The quantitative estimate of drug-likeness (QED) is 0.376. The predicted octanol–water partition coefficient (Wildman–Crippen LogP) is 1.46. The number of hydrogen-bond donors (Lipinski definition) is 2. The molecule has 0 atom stereocenters. The highest BCUT2D eigenvalue weighted by atomic mass is 127. The van der Waals surface area contributed by atoms with Crippen molar-refractivity contribution in [2.75, 3.05) is 0 Å². The molecule has 0 unspecified atom stereocenters. The van der Waals surface area contributed by atoms with Gasteiger partial charge in [-0.3, -0.25) is 5.43 Å². The van der Waals surface area contributed by atoms with Gasteiger partial charge in [0.15, 0.2) is 5.11 Å². The summed E-state index contributed by atoms with van der Waals surface area (Å²) in [5.41, 5.74) is 8.68. The van der Waals surface area contributed by atoms with Crippen molar-refractivity contribution in [1.82, 2.24) is 5.43 Å². The fraction of sp³-hybridized carbons (Fsp3) is 0. The lowest BCUT2D eigenvalue weighted by atomic mass is 10.2. The van der Waals surface area contributed by atoms with Crippen molar-refractivity contribution in [3.63, 3.8) is 0 Å². The van der Waals surface area contributed by atoms with Crippen LogP contribution in [0.25, 0.3) is 0 Å². The molecule has 0 aliphatic heterocycles. The highest BCUT2D eigenvalue weighted by Crippen LogP contribution is 2.04. The largest absolute Gasteiger partial charge is 0.375 e. The zero-order valence-electron chi connectivity index (χ0n) is 6.70. The second-order valence-electron chi connectivity index (χ2n) is 2.29. The highest BCUT2D eigenvalue weighted by molar-refractivity contribution is 14.1. The third-order valence-electron chi connectivity index (χ3n) is 1.26. The summed E-state index contributed by atoms with van der Waals surface area (Å²) in [5.74, 6) is 0. The van der Waals surface area contributed by atoms with E-state index in [0.29, 0.717) is 0 Å². The first-order valence-electron chi connectivity index (χ1n) is 3.52. The molecule has 0 aromatic heterocycles. The Morgan fingerprint density at radius 1 is 1.46 bits per heavy atom. The molecular weight excluding hydrogens is 297 g/mol. The van der Waals surface area contributed by atoms with Gasteiger partial charge in [-0.15, -0.1) is 0 Å². The number of hydrazone groups is 1. The fourth-order valence-electron chi connectivity index (χ4n) is 0.719. The van der Waals surface area contributed by atoms with E-state index in [1.807, 2.05) is 24.3 Å². The SMILES string of the molecule is NC(=S)N/N=C\c1ccc(I)cc1. The van der Waals surface area contributed by atoms with E-state index in [2.05, 4.69) is 45.3 Å². The fourth-order valence-corrected chi connectivity index (χ4v) is 1.13.